The van der Waals surface area contributed by atoms with Crippen molar-refractivity contribution in [3.63, 3.8) is 0 Å². The molecule has 3 rings (SSSR count). The second kappa shape index (κ2) is 7.32. The van der Waals surface area contributed by atoms with Crippen LogP contribution in [0.1, 0.15) is 36.8 Å². The van der Waals surface area contributed by atoms with Gasteiger partial charge in [0.05, 0.1) is 18.0 Å². The fourth-order valence-electron chi connectivity index (χ4n) is 2.63. The number of nitrogens with zero attached hydrogens (tertiary/aromatic N) is 5. The minimum atomic E-state index is -0.899. The van der Waals surface area contributed by atoms with E-state index in [0.29, 0.717) is 28.9 Å². The zero-order chi connectivity index (χ0) is 18.0. The molecule has 0 amide bonds. The van der Waals surface area contributed by atoms with Crippen molar-refractivity contribution in [1.29, 1.82) is 0 Å². The summed E-state index contributed by atoms with van der Waals surface area (Å²) in [6, 6.07) is 4.05. The summed E-state index contributed by atoms with van der Waals surface area (Å²) in [6.45, 7) is 4.26. The molecule has 1 N–H and O–H groups in total. The third-order valence-electron chi connectivity index (χ3n) is 3.83. The van der Waals surface area contributed by atoms with E-state index in [-0.39, 0.29) is 12.3 Å². The molecule has 0 saturated heterocycles. The Labute approximate surface area is 147 Å². The highest BCUT2D eigenvalue weighted by atomic mass is 32.2. The highest BCUT2D eigenvalue weighted by Crippen LogP contribution is 2.31. The van der Waals surface area contributed by atoms with Gasteiger partial charge in [-0.25, -0.2) is 4.39 Å². The quantitative estimate of drug-likeness (QED) is 0.726. The van der Waals surface area contributed by atoms with Crippen molar-refractivity contribution >= 4 is 12.3 Å². The number of halogens is 2. The Balaban J connectivity index is 2.06. The van der Waals surface area contributed by atoms with Gasteiger partial charge >= 0.3 is 0 Å². The summed E-state index contributed by atoms with van der Waals surface area (Å²) in [5, 5.41) is 22.4. The standard InChI is InChI=1S/C16H17F2N5OS/c1-3-22-9-11(8-19-22)6-15-16(21-23(20-15)25-18)13-5-4-12(17)7-14(13)10(2)24/h4-5,7-10,24H,3,6H2,1-2H3. The van der Waals surface area contributed by atoms with Gasteiger partial charge in [0.2, 0.25) is 12.3 Å². The van der Waals surface area contributed by atoms with E-state index in [4.69, 9.17) is 0 Å². The van der Waals surface area contributed by atoms with Crippen LogP contribution in [0.5, 0.6) is 0 Å². The van der Waals surface area contributed by atoms with Gasteiger partial charge in [-0.15, -0.1) is 14.1 Å². The lowest BCUT2D eigenvalue weighted by atomic mass is 9.98. The van der Waals surface area contributed by atoms with E-state index in [1.54, 1.807) is 10.9 Å². The molecule has 25 heavy (non-hydrogen) atoms. The average molecular weight is 365 g/mol. The van der Waals surface area contributed by atoms with Gasteiger partial charge in [0, 0.05) is 24.7 Å². The van der Waals surface area contributed by atoms with E-state index in [2.05, 4.69) is 15.3 Å². The number of hydrogen-bond acceptors (Lipinski definition) is 5. The summed E-state index contributed by atoms with van der Waals surface area (Å²) in [4.78, 5) is 0. The summed E-state index contributed by atoms with van der Waals surface area (Å²) in [5.41, 5.74) is 2.73. The molecule has 0 bridgehead atoms. The molecule has 0 radical (unpaired) electrons. The highest BCUT2D eigenvalue weighted by molar-refractivity contribution is 7.92. The smallest absolute Gasteiger partial charge is 0.207 e. The molecule has 0 aliphatic heterocycles. The van der Waals surface area contributed by atoms with E-state index in [9.17, 15) is 13.4 Å². The van der Waals surface area contributed by atoms with Crippen molar-refractivity contribution < 1.29 is 13.4 Å². The van der Waals surface area contributed by atoms with Crippen molar-refractivity contribution in [3.05, 3.63) is 53.2 Å². The number of aliphatic hydroxyl groups is 1. The molecule has 0 aliphatic carbocycles. The summed E-state index contributed by atoms with van der Waals surface area (Å²) >= 11 is -0.127. The second-order valence-electron chi connectivity index (χ2n) is 5.61. The Kier molecular flexibility index (Phi) is 5.14. The normalized spacial score (nSPS) is 12.5. The Morgan fingerprint density at radius 3 is 2.76 bits per heavy atom. The topological polar surface area (TPSA) is 68.8 Å². The van der Waals surface area contributed by atoms with Crippen molar-refractivity contribution in [1.82, 2.24) is 24.2 Å². The molecule has 1 atom stereocenters. The van der Waals surface area contributed by atoms with E-state index < -0.39 is 11.9 Å². The maximum absolute atomic E-state index is 13.6. The van der Waals surface area contributed by atoms with Gasteiger partial charge in [0.1, 0.15) is 11.5 Å². The molecule has 1 unspecified atom stereocenters. The molecule has 0 aliphatic rings. The lowest BCUT2D eigenvalue weighted by Crippen LogP contribution is -1.99. The SMILES string of the molecule is CCn1cc(Cc2nn(SF)nc2-c2ccc(F)cc2C(C)O)cn1. The van der Waals surface area contributed by atoms with Crippen LogP contribution in [0.15, 0.2) is 30.6 Å². The van der Waals surface area contributed by atoms with Gasteiger partial charge in [0.15, 0.2) is 0 Å². The molecule has 3 aromatic rings. The number of aliphatic hydroxyl groups excluding tert-OH is 1. The number of aryl methyl sites for hydroxylation is 1. The number of benzene rings is 1. The van der Waals surface area contributed by atoms with Crippen molar-refractivity contribution in [3.8, 4) is 11.3 Å². The first kappa shape index (κ1) is 17.6. The number of aromatic nitrogens is 5. The zero-order valence-corrected chi connectivity index (χ0v) is 14.5. The van der Waals surface area contributed by atoms with Gasteiger partial charge < -0.3 is 5.11 Å². The first-order chi connectivity index (χ1) is 12.0. The molecular formula is C16H17F2N5OS. The van der Waals surface area contributed by atoms with Gasteiger partial charge in [0.25, 0.3) is 0 Å². The third-order valence-corrected chi connectivity index (χ3v) is 4.11. The largest absolute Gasteiger partial charge is 0.389 e. The van der Waals surface area contributed by atoms with Crippen LogP contribution in [0.3, 0.4) is 0 Å². The van der Waals surface area contributed by atoms with Gasteiger partial charge in [-0.2, -0.15) is 5.10 Å². The highest BCUT2D eigenvalue weighted by Gasteiger charge is 2.20. The second-order valence-corrected chi connectivity index (χ2v) is 6.07. The fourth-order valence-corrected chi connectivity index (χ4v) is 2.88. The van der Waals surface area contributed by atoms with Crippen LogP contribution in [0.2, 0.25) is 0 Å². The van der Waals surface area contributed by atoms with Crippen LogP contribution in [0.25, 0.3) is 11.3 Å². The maximum Gasteiger partial charge on any atom is 0.207 e. The predicted octanol–water partition coefficient (Wildman–Crippen LogP) is 3.33. The van der Waals surface area contributed by atoms with Crippen LogP contribution < -0.4 is 0 Å². The van der Waals surface area contributed by atoms with Crippen LogP contribution in [-0.4, -0.2) is 29.3 Å². The zero-order valence-electron chi connectivity index (χ0n) is 13.7. The van der Waals surface area contributed by atoms with Crippen molar-refractivity contribution in [2.24, 2.45) is 0 Å². The van der Waals surface area contributed by atoms with E-state index in [1.165, 1.54) is 25.1 Å². The van der Waals surface area contributed by atoms with Crippen LogP contribution in [0, 0.1) is 5.82 Å². The lowest BCUT2D eigenvalue weighted by molar-refractivity contribution is 0.199. The summed E-state index contributed by atoms with van der Waals surface area (Å²) < 4.78 is 29.2. The Morgan fingerprint density at radius 1 is 1.32 bits per heavy atom. The average Bonchev–Trinajstić information content (AvgIpc) is 3.21. The fraction of sp³-hybridized carbons (Fsp3) is 0.312. The monoisotopic (exact) mass is 365 g/mol. The predicted molar refractivity (Wildman–Crippen MR) is 90.9 cm³/mol. The minimum absolute atomic E-state index is 0.127. The number of rotatable bonds is 6. The first-order valence-corrected chi connectivity index (χ1v) is 8.43. The van der Waals surface area contributed by atoms with Crippen molar-refractivity contribution in [2.75, 3.05) is 0 Å². The lowest BCUT2D eigenvalue weighted by Gasteiger charge is -2.11. The van der Waals surface area contributed by atoms with Gasteiger partial charge in [-0.05, 0) is 43.2 Å². The molecule has 2 heterocycles. The summed E-state index contributed by atoms with van der Waals surface area (Å²) in [6.07, 6.45) is 3.09. The van der Waals surface area contributed by atoms with Gasteiger partial charge in [-0.1, -0.05) is 4.20 Å². The molecular weight excluding hydrogens is 348 g/mol. The van der Waals surface area contributed by atoms with E-state index >= 15 is 0 Å². The minimum Gasteiger partial charge on any atom is -0.389 e. The molecule has 0 fully saturated rings. The summed E-state index contributed by atoms with van der Waals surface area (Å²) in [7, 11) is 0. The Bertz CT molecular complexity index is 877. The molecule has 9 heteroatoms. The molecule has 0 saturated carbocycles. The third kappa shape index (κ3) is 3.72. The molecule has 6 nitrogen and oxygen atoms in total. The van der Waals surface area contributed by atoms with Crippen molar-refractivity contribution in [2.45, 2.75) is 32.9 Å². The van der Waals surface area contributed by atoms with Crippen LogP contribution >= 0.6 is 12.3 Å². The van der Waals surface area contributed by atoms with E-state index in [0.717, 1.165) is 16.3 Å². The van der Waals surface area contributed by atoms with Crippen LogP contribution in [-0.2, 0) is 13.0 Å². The molecule has 0 spiro atoms. The molecule has 2 aromatic heterocycles. The number of hydrogen-bond donors (Lipinski definition) is 1. The summed E-state index contributed by atoms with van der Waals surface area (Å²) in [5.74, 6) is -0.460. The molecule has 132 valence electrons. The molecule has 1 aromatic carbocycles. The van der Waals surface area contributed by atoms with Crippen LogP contribution in [0.4, 0.5) is 8.28 Å². The van der Waals surface area contributed by atoms with E-state index in [1.807, 2.05) is 13.1 Å². The maximum atomic E-state index is 13.6. The first-order valence-electron chi connectivity index (χ1n) is 7.76. The Morgan fingerprint density at radius 2 is 2.12 bits per heavy atom. The van der Waals surface area contributed by atoms with Gasteiger partial charge in [-0.3, -0.25) is 4.68 Å². The Hall–Kier alpha value is -2.26.